The lowest BCUT2D eigenvalue weighted by atomic mass is 9.94. The number of nitro benzene ring substituents is 1. The minimum absolute atomic E-state index is 0.0744. The Hall–Kier alpha value is -3.46. The van der Waals surface area contributed by atoms with Crippen molar-refractivity contribution < 1.29 is 19.2 Å². The number of hydrogen-bond acceptors (Lipinski definition) is 6. The Bertz CT molecular complexity index is 1000. The van der Waals surface area contributed by atoms with E-state index in [0.29, 0.717) is 27.7 Å². The number of benzene rings is 2. The molecule has 0 aromatic heterocycles. The third-order valence-electron chi connectivity index (χ3n) is 4.64. The van der Waals surface area contributed by atoms with Gasteiger partial charge in [0.15, 0.2) is 5.11 Å². The quantitative estimate of drug-likeness (QED) is 0.345. The van der Waals surface area contributed by atoms with Gasteiger partial charge in [0.1, 0.15) is 5.75 Å². The van der Waals surface area contributed by atoms with E-state index in [2.05, 4.69) is 5.32 Å². The number of ether oxygens (including phenoxy) is 2. The highest BCUT2D eigenvalue weighted by Crippen LogP contribution is 2.35. The molecule has 0 radical (unpaired) electrons. The molecule has 29 heavy (non-hydrogen) atoms. The summed E-state index contributed by atoms with van der Waals surface area (Å²) in [6.45, 7) is 1.76. The second-order valence-electron chi connectivity index (χ2n) is 6.26. The van der Waals surface area contributed by atoms with E-state index in [4.69, 9.17) is 21.7 Å². The maximum atomic E-state index is 12.6. The van der Waals surface area contributed by atoms with Crippen LogP contribution in [0.3, 0.4) is 0 Å². The predicted octanol–water partition coefficient (Wildman–Crippen LogP) is 3.49. The number of thiocarbonyl (C=S) groups is 1. The van der Waals surface area contributed by atoms with Gasteiger partial charge in [-0.15, -0.1) is 0 Å². The van der Waals surface area contributed by atoms with Gasteiger partial charge in [0.05, 0.1) is 30.8 Å². The zero-order chi connectivity index (χ0) is 21.1. The smallest absolute Gasteiger partial charge is 0.337 e. The van der Waals surface area contributed by atoms with Crippen molar-refractivity contribution in [2.75, 3.05) is 19.1 Å². The first-order valence-corrected chi connectivity index (χ1v) is 9.06. The molecule has 1 N–H and O–H groups in total. The first-order valence-electron chi connectivity index (χ1n) is 8.65. The molecular weight excluding hydrogens is 394 g/mol. The summed E-state index contributed by atoms with van der Waals surface area (Å²) in [4.78, 5) is 25.0. The molecule has 0 amide bonds. The Balaban J connectivity index is 2.11. The number of hydrogen-bond donors (Lipinski definition) is 1. The number of non-ortho nitro benzene ring substituents is 1. The molecule has 0 spiro atoms. The number of nitrogens with one attached hydrogen (secondary N) is 1. The van der Waals surface area contributed by atoms with Gasteiger partial charge in [-0.05, 0) is 49.0 Å². The Kier molecular flexibility index (Phi) is 5.79. The lowest BCUT2D eigenvalue weighted by molar-refractivity contribution is -0.384. The average Bonchev–Trinajstić information content (AvgIpc) is 2.73. The van der Waals surface area contributed by atoms with E-state index in [1.54, 1.807) is 43.2 Å². The number of carbonyl (C=O) groups is 1. The van der Waals surface area contributed by atoms with Crippen LogP contribution in [0.25, 0.3) is 0 Å². The van der Waals surface area contributed by atoms with Crippen LogP contribution in [0.15, 0.2) is 59.8 Å². The predicted molar refractivity (Wildman–Crippen MR) is 112 cm³/mol. The van der Waals surface area contributed by atoms with Gasteiger partial charge in [0.2, 0.25) is 0 Å². The fourth-order valence-electron chi connectivity index (χ4n) is 3.23. The molecule has 2 aromatic carbocycles. The number of esters is 1. The molecule has 150 valence electrons. The molecule has 1 heterocycles. The van der Waals surface area contributed by atoms with Gasteiger partial charge in [0, 0.05) is 23.5 Å². The topological polar surface area (TPSA) is 93.9 Å². The molecule has 0 aliphatic carbocycles. The van der Waals surface area contributed by atoms with Crippen LogP contribution < -0.4 is 15.0 Å². The van der Waals surface area contributed by atoms with Crippen molar-refractivity contribution in [2.45, 2.75) is 13.0 Å². The van der Waals surface area contributed by atoms with Crippen LogP contribution in [0, 0.1) is 10.1 Å². The Morgan fingerprint density at radius 3 is 2.48 bits per heavy atom. The molecule has 1 aliphatic rings. The van der Waals surface area contributed by atoms with E-state index in [1.165, 1.54) is 19.2 Å². The number of allylic oxidation sites excluding steroid dienone is 1. The van der Waals surface area contributed by atoms with Gasteiger partial charge < -0.3 is 14.8 Å². The molecule has 0 saturated carbocycles. The van der Waals surface area contributed by atoms with Crippen molar-refractivity contribution in [1.29, 1.82) is 0 Å². The van der Waals surface area contributed by atoms with Crippen molar-refractivity contribution in [3.8, 4) is 5.75 Å². The molecule has 1 atom stereocenters. The summed E-state index contributed by atoms with van der Waals surface area (Å²) in [5.41, 5.74) is 2.09. The highest BCUT2D eigenvalue weighted by molar-refractivity contribution is 7.80. The molecule has 0 saturated heterocycles. The van der Waals surface area contributed by atoms with Crippen molar-refractivity contribution in [3.05, 3.63) is 75.5 Å². The fourth-order valence-corrected chi connectivity index (χ4v) is 3.59. The molecular formula is C20H19N3O5S. The monoisotopic (exact) mass is 413 g/mol. The van der Waals surface area contributed by atoms with Gasteiger partial charge in [0.25, 0.3) is 5.69 Å². The third-order valence-corrected chi connectivity index (χ3v) is 4.94. The first-order chi connectivity index (χ1) is 13.9. The van der Waals surface area contributed by atoms with Crippen LogP contribution in [0.5, 0.6) is 5.75 Å². The standard InChI is InChI=1S/C20H19N3O5S/c1-12-17(19(24)28-3)18(13-5-4-6-15(11-13)23(25)26)21-20(29)22(12)14-7-9-16(27-2)10-8-14/h4-11,18H,1-3H3,(H,21,29)/t18-/m0/s1. The fraction of sp³-hybridized carbons (Fsp3) is 0.200. The van der Waals surface area contributed by atoms with Crippen LogP contribution in [-0.2, 0) is 9.53 Å². The lowest BCUT2D eigenvalue weighted by Crippen LogP contribution is -2.48. The Morgan fingerprint density at radius 2 is 1.90 bits per heavy atom. The van der Waals surface area contributed by atoms with Crippen molar-refractivity contribution in [2.24, 2.45) is 0 Å². The lowest BCUT2D eigenvalue weighted by Gasteiger charge is -2.37. The van der Waals surface area contributed by atoms with Gasteiger partial charge in [-0.2, -0.15) is 0 Å². The zero-order valence-corrected chi connectivity index (χ0v) is 16.9. The van der Waals surface area contributed by atoms with Crippen LogP contribution in [-0.4, -0.2) is 30.2 Å². The van der Waals surface area contributed by atoms with Crippen LogP contribution in [0.2, 0.25) is 0 Å². The van der Waals surface area contributed by atoms with Gasteiger partial charge in [-0.3, -0.25) is 15.0 Å². The first kappa shape index (κ1) is 20.3. The molecule has 0 bridgehead atoms. The van der Waals surface area contributed by atoms with E-state index in [1.807, 2.05) is 12.1 Å². The number of nitrogens with zero attached hydrogens (tertiary/aromatic N) is 2. The summed E-state index contributed by atoms with van der Waals surface area (Å²) in [5.74, 6) is 0.140. The average molecular weight is 413 g/mol. The largest absolute Gasteiger partial charge is 0.497 e. The van der Waals surface area contributed by atoms with E-state index >= 15 is 0 Å². The Labute approximate surface area is 172 Å². The number of carbonyl (C=O) groups excluding carboxylic acids is 1. The van der Waals surface area contributed by atoms with Crippen LogP contribution in [0.1, 0.15) is 18.5 Å². The molecule has 0 unspecified atom stereocenters. The minimum atomic E-state index is -0.677. The van der Waals surface area contributed by atoms with Crippen molar-refractivity contribution >= 4 is 34.7 Å². The molecule has 9 heteroatoms. The van der Waals surface area contributed by atoms with Gasteiger partial charge >= 0.3 is 5.97 Å². The second-order valence-corrected chi connectivity index (χ2v) is 6.65. The minimum Gasteiger partial charge on any atom is -0.497 e. The highest BCUT2D eigenvalue weighted by atomic mass is 32.1. The molecule has 8 nitrogen and oxygen atoms in total. The number of anilines is 1. The maximum absolute atomic E-state index is 12.6. The Morgan fingerprint density at radius 1 is 1.21 bits per heavy atom. The van der Waals surface area contributed by atoms with Crippen LogP contribution >= 0.6 is 12.2 Å². The summed E-state index contributed by atoms with van der Waals surface area (Å²) in [5, 5.41) is 14.6. The summed E-state index contributed by atoms with van der Waals surface area (Å²) in [6.07, 6.45) is 0. The molecule has 3 rings (SSSR count). The molecule has 1 aliphatic heterocycles. The van der Waals surface area contributed by atoms with E-state index in [9.17, 15) is 14.9 Å². The van der Waals surface area contributed by atoms with Crippen molar-refractivity contribution in [1.82, 2.24) is 5.32 Å². The molecule has 0 fully saturated rings. The van der Waals surface area contributed by atoms with E-state index in [-0.39, 0.29) is 5.69 Å². The molecule has 2 aromatic rings. The summed E-state index contributed by atoms with van der Waals surface area (Å²) in [6, 6.07) is 12.6. The second kappa shape index (κ2) is 8.27. The van der Waals surface area contributed by atoms with Crippen molar-refractivity contribution in [3.63, 3.8) is 0 Å². The van der Waals surface area contributed by atoms with Crippen LogP contribution in [0.4, 0.5) is 11.4 Å². The number of nitro groups is 1. The summed E-state index contributed by atoms with van der Waals surface area (Å²) >= 11 is 5.55. The van der Waals surface area contributed by atoms with E-state index in [0.717, 1.165) is 5.69 Å². The van der Waals surface area contributed by atoms with Gasteiger partial charge in [-0.25, -0.2) is 4.79 Å². The number of rotatable bonds is 5. The SMILES string of the molecule is COC(=O)C1=C(C)N(c2ccc(OC)cc2)C(=S)N[C@H]1c1cccc([N+](=O)[O-])c1. The maximum Gasteiger partial charge on any atom is 0.337 e. The zero-order valence-electron chi connectivity index (χ0n) is 16.0. The van der Waals surface area contributed by atoms with E-state index < -0.39 is 16.9 Å². The third kappa shape index (κ3) is 3.90. The summed E-state index contributed by atoms with van der Waals surface area (Å²) in [7, 11) is 2.87. The summed E-state index contributed by atoms with van der Waals surface area (Å²) < 4.78 is 10.2. The van der Waals surface area contributed by atoms with Gasteiger partial charge in [-0.1, -0.05) is 12.1 Å². The highest BCUT2D eigenvalue weighted by Gasteiger charge is 2.35. The normalized spacial score (nSPS) is 16.3. The number of methoxy groups -OCH3 is 2.